The van der Waals surface area contributed by atoms with Crippen LogP contribution in [0.25, 0.3) is 0 Å². The third kappa shape index (κ3) is 3.83. The van der Waals surface area contributed by atoms with Crippen LogP contribution in [-0.4, -0.2) is 17.6 Å². The molecule has 0 fully saturated rings. The van der Waals surface area contributed by atoms with Gasteiger partial charge in [-0.25, -0.2) is 0 Å². The Balaban J connectivity index is 2.14. The highest BCUT2D eigenvalue weighted by molar-refractivity contribution is 5.95. The van der Waals surface area contributed by atoms with Gasteiger partial charge in [-0.05, 0) is 49.2 Å². The first-order chi connectivity index (χ1) is 10.1. The summed E-state index contributed by atoms with van der Waals surface area (Å²) >= 11 is 0. The molecule has 4 N–H and O–H groups in total. The average Bonchev–Trinajstić information content (AvgIpc) is 2.48. The van der Waals surface area contributed by atoms with Crippen molar-refractivity contribution in [3.05, 3.63) is 65.2 Å². The number of phenols is 1. The fourth-order valence-corrected chi connectivity index (χ4v) is 2.27. The van der Waals surface area contributed by atoms with Crippen molar-refractivity contribution in [2.75, 3.05) is 6.54 Å². The molecule has 110 valence electrons. The number of amides is 1. The minimum atomic E-state index is -0.185. The zero-order chi connectivity index (χ0) is 15.2. The average molecular weight is 284 g/mol. The van der Waals surface area contributed by atoms with E-state index in [0.717, 1.165) is 11.1 Å². The van der Waals surface area contributed by atoms with Crippen molar-refractivity contribution in [2.24, 2.45) is 5.73 Å². The maximum atomic E-state index is 12.4. The lowest BCUT2D eigenvalue weighted by molar-refractivity contribution is 0.0939. The summed E-state index contributed by atoms with van der Waals surface area (Å²) in [6, 6.07) is 14.2. The third-order valence-electron chi connectivity index (χ3n) is 3.39. The van der Waals surface area contributed by atoms with Gasteiger partial charge >= 0.3 is 0 Å². The Hall–Kier alpha value is -2.33. The van der Waals surface area contributed by atoms with E-state index in [9.17, 15) is 9.90 Å². The molecule has 2 rings (SSSR count). The molecule has 2 aromatic rings. The SMILES string of the molecule is CC(NC(=O)c1ccccc1CCN)c1cccc(O)c1. The van der Waals surface area contributed by atoms with E-state index >= 15 is 0 Å². The van der Waals surface area contributed by atoms with Crippen LogP contribution in [0.2, 0.25) is 0 Å². The van der Waals surface area contributed by atoms with Gasteiger partial charge in [0.15, 0.2) is 0 Å². The molecule has 0 bridgehead atoms. The van der Waals surface area contributed by atoms with Crippen LogP contribution in [0.15, 0.2) is 48.5 Å². The van der Waals surface area contributed by atoms with E-state index in [1.165, 1.54) is 0 Å². The number of rotatable bonds is 5. The summed E-state index contributed by atoms with van der Waals surface area (Å²) in [5.74, 6) is 0.0621. The monoisotopic (exact) mass is 284 g/mol. The number of hydrogen-bond donors (Lipinski definition) is 3. The molecular weight excluding hydrogens is 264 g/mol. The summed E-state index contributed by atoms with van der Waals surface area (Å²) in [4.78, 5) is 12.4. The van der Waals surface area contributed by atoms with Crippen LogP contribution in [0.5, 0.6) is 5.75 Å². The number of phenolic OH excluding ortho intramolecular Hbond substituents is 1. The number of carbonyl (C=O) groups excluding carboxylic acids is 1. The number of hydrogen-bond acceptors (Lipinski definition) is 3. The molecule has 4 heteroatoms. The number of benzene rings is 2. The van der Waals surface area contributed by atoms with Gasteiger partial charge in [0.1, 0.15) is 5.75 Å². The number of nitrogens with two attached hydrogens (primary N) is 1. The number of aromatic hydroxyl groups is 1. The zero-order valence-corrected chi connectivity index (χ0v) is 12.0. The van der Waals surface area contributed by atoms with Crippen molar-refractivity contribution in [1.29, 1.82) is 0 Å². The van der Waals surface area contributed by atoms with Crippen molar-refractivity contribution < 1.29 is 9.90 Å². The molecule has 1 unspecified atom stereocenters. The fourth-order valence-electron chi connectivity index (χ4n) is 2.27. The minimum Gasteiger partial charge on any atom is -0.508 e. The van der Waals surface area contributed by atoms with Crippen molar-refractivity contribution in [1.82, 2.24) is 5.32 Å². The molecule has 0 aliphatic heterocycles. The molecule has 0 saturated carbocycles. The van der Waals surface area contributed by atoms with Crippen LogP contribution >= 0.6 is 0 Å². The molecule has 0 radical (unpaired) electrons. The molecule has 1 amide bonds. The van der Waals surface area contributed by atoms with Crippen LogP contribution in [0.1, 0.15) is 34.5 Å². The second kappa shape index (κ2) is 6.90. The Bertz CT molecular complexity index is 626. The Morgan fingerprint density at radius 1 is 1.24 bits per heavy atom. The molecule has 0 aliphatic carbocycles. The van der Waals surface area contributed by atoms with Gasteiger partial charge in [-0.2, -0.15) is 0 Å². The van der Waals surface area contributed by atoms with Gasteiger partial charge in [-0.1, -0.05) is 30.3 Å². The highest BCUT2D eigenvalue weighted by Crippen LogP contribution is 2.19. The first-order valence-electron chi connectivity index (χ1n) is 6.99. The summed E-state index contributed by atoms with van der Waals surface area (Å²) in [6.07, 6.45) is 0.671. The Kier molecular flexibility index (Phi) is 4.95. The van der Waals surface area contributed by atoms with Crippen molar-refractivity contribution in [3.63, 3.8) is 0 Å². The molecule has 0 saturated heterocycles. The smallest absolute Gasteiger partial charge is 0.252 e. The summed E-state index contributed by atoms with van der Waals surface area (Å²) in [5.41, 5.74) is 8.03. The highest BCUT2D eigenvalue weighted by atomic mass is 16.3. The van der Waals surface area contributed by atoms with Crippen LogP contribution in [-0.2, 0) is 6.42 Å². The molecule has 0 aliphatic rings. The Labute approximate surface area is 124 Å². The zero-order valence-electron chi connectivity index (χ0n) is 12.0. The van der Waals surface area contributed by atoms with Gasteiger partial charge in [-0.3, -0.25) is 4.79 Å². The topological polar surface area (TPSA) is 75.4 Å². The number of carbonyl (C=O) groups is 1. The van der Waals surface area contributed by atoms with E-state index in [1.54, 1.807) is 24.3 Å². The molecule has 0 aromatic heterocycles. The predicted molar refractivity (Wildman–Crippen MR) is 83.2 cm³/mol. The van der Waals surface area contributed by atoms with Crippen LogP contribution in [0.4, 0.5) is 0 Å². The molecule has 1 atom stereocenters. The van der Waals surface area contributed by atoms with E-state index in [-0.39, 0.29) is 17.7 Å². The fraction of sp³-hybridized carbons (Fsp3) is 0.235. The Morgan fingerprint density at radius 2 is 2.00 bits per heavy atom. The van der Waals surface area contributed by atoms with Crippen LogP contribution < -0.4 is 11.1 Å². The number of nitrogens with one attached hydrogen (secondary N) is 1. The molecule has 2 aromatic carbocycles. The Morgan fingerprint density at radius 3 is 2.71 bits per heavy atom. The van der Waals surface area contributed by atoms with Crippen molar-refractivity contribution >= 4 is 5.91 Å². The molecule has 0 spiro atoms. The second-order valence-corrected chi connectivity index (χ2v) is 4.99. The van der Waals surface area contributed by atoms with Crippen LogP contribution in [0, 0.1) is 0 Å². The van der Waals surface area contributed by atoms with E-state index in [1.807, 2.05) is 31.2 Å². The summed E-state index contributed by atoms with van der Waals surface area (Å²) in [6.45, 7) is 2.39. The normalized spacial score (nSPS) is 11.9. The summed E-state index contributed by atoms with van der Waals surface area (Å²) in [7, 11) is 0. The molecule has 0 heterocycles. The van der Waals surface area contributed by atoms with Crippen molar-refractivity contribution in [3.8, 4) is 5.75 Å². The van der Waals surface area contributed by atoms with Gasteiger partial charge in [0.2, 0.25) is 0 Å². The summed E-state index contributed by atoms with van der Waals surface area (Å²) in [5, 5.41) is 12.4. The quantitative estimate of drug-likeness (QED) is 0.789. The van der Waals surface area contributed by atoms with Crippen molar-refractivity contribution in [2.45, 2.75) is 19.4 Å². The second-order valence-electron chi connectivity index (χ2n) is 4.99. The minimum absolute atomic E-state index is 0.130. The molecule has 21 heavy (non-hydrogen) atoms. The standard InChI is InChI=1S/C17H20N2O2/c1-12(14-6-4-7-15(20)11-14)19-17(21)16-8-3-2-5-13(16)9-10-18/h2-8,11-12,20H,9-10,18H2,1H3,(H,19,21). The largest absolute Gasteiger partial charge is 0.508 e. The maximum Gasteiger partial charge on any atom is 0.252 e. The predicted octanol–water partition coefficient (Wildman–Crippen LogP) is 2.38. The highest BCUT2D eigenvalue weighted by Gasteiger charge is 2.14. The van der Waals surface area contributed by atoms with E-state index in [4.69, 9.17) is 5.73 Å². The third-order valence-corrected chi connectivity index (χ3v) is 3.39. The van der Waals surface area contributed by atoms with Crippen LogP contribution in [0.3, 0.4) is 0 Å². The van der Waals surface area contributed by atoms with Gasteiger partial charge in [-0.15, -0.1) is 0 Å². The lowest BCUT2D eigenvalue weighted by atomic mass is 10.0. The summed E-state index contributed by atoms with van der Waals surface area (Å²) < 4.78 is 0. The van der Waals surface area contributed by atoms with Gasteiger partial charge in [0.25, 0.3) is 5.91 Å². The lowest BCUT2D eigenvalue weighted by Crippen LogP contribution is -2.27. The van der Waals surface area contributed by atoms with E-state index < -0.39 is 0 Å². The van der Waals surface area contributed by atoms with Gasteiger partial charge in [0, 0.05) is 5.56 Å². The molecule has 4 nitrogen and oxygen atoms in total. The lowest BCUT2D eigenvalue weighted by Gasteiger charge is -2.16. The first kappa shape index (κ1) is 15.1. The van der Waals surface area contributed by atoms with Gasteiger partial charge < -0.3 is 16.2 Å². The maximum absolute atomic E-state index is 12.4. The van der Waals surface area contributed by atoms with E-state index in [2.05, 4.69) is 5.32 Å². The molecular formula is C17H20N2O2. The van der Waals surface area contributed by atoms with E-state index in [0.29, 0.717) is 18.5 Å². The first-order valence-corrected chi connectivity index (χ1v) is 6.99. The van der Waals surface area contributed by atoms with Gasteiger partial charge in [0.05, 0.1) is 6.04 Å².